The zero-order valence-corrected chi connectivity index (χ0v) is 10.2. The van der Waals surface area contributed by atoms with Crippen molar-refractivity contribution in [1.82, 2.24) is 0 Å². The number of ketones is 1. The van der Waals surface area contributed by atoms with E-state index in [1.165, 1.54) is 11.8 Å². The molecule has 1 fully saturated rings. The molecule has 0 radical (unpaired) electrons. The van der Waals surface area contributed by atoms with Crippen LogP contribution in [0.4, 0.5) is 0 Å². The predicted octanol–water partition coefficient (Wildman–Crippen LogP) is 0.0505. The molecule has 1 saturated carbocycles. The average Bonchev–Trinajstić information content (AvgIpc) is 2.30. The number of Topliss-reactive ketones (excluding diaryl/α,β-unsaturated/α-hetero) is 1. The van der Waals surface area contributed by atoms with Crippen molar-refractivity contribution >= 4 is 17.5 Å². The van der Waals surface area contributed by atoms with Gasteiger partial charge in [0.1, 0.15) is 5.78 Å². The molecule has 4 nitrogen and oxygen atoms in total. The van der Waals surface area contributed by atoms with Gasteiger partial charge in [0, 0.05) is 30.5 Å². The van der Waals surface area contributed by atoms with Crippen LogP contribution in [0.1, 0.15) is 19.3 Å². The van der Waals surface area contributed by atoms with Gasteiger partial charge in [0.15, 0.2) is 0 Å². The Hall–Kier alpha value is -0.100. The standard InChI is InChI=1S/C11H20O4S/c12-4-8-2-1-3-11(15)10(8)7-16-6-9(14)5-13/h8-10,12-14H,1-7H2. The van der Waals surface area contributed by atoms with Crippen molar-refractivity contribution in [3.8, 4) is 0 Å². The van der Waals surface area contributed by atoms with Crippen molar-refractivity contribution in [3.05, 3.63) is 0 Å². The normalized spacial score (nSPS) is 28.1. The summed E-state index contributed by atoms with van der Waals surface area (Å²) in [6.07, 6.45) is 1.70. The SMILES string of the molecule is O=C1CCCC(CO)C1CSCC(O)CO. The summed E-state index contributed by atoms with van der Waals surface area (Å²) in [6.45, 7) is -0.172. The molecule has 0 heterocycles. The number of aliphatic hydroxyl groups is 3. The van der Waals surface area contributed by atoms with E-state index in [2.05, 4.69) is 0 Å². The van der Waals surface area contributed by atoms with Crippen LogP contribution in [0.2, 0.25) is 0 Å². The van der Waals surface area contributed by atoms with Crippen molar-refractivity contribution in [2.45, 2.75) is 25.4 Å². The second-order valence-corrected chi connectivity index (χ2v) is 5.36. The molecule has 16 heavy (non-hydrogen) atoms. The maximum atomic E-state index is 11.7. The molecule has 0 aromatic rings. The number of hydrogen-bond donors (Lipinski definition) is 3. The Morgan fingerprint density at radius 3 is 2.81 bits per heavy atom. The van der Waals surface area contributed by atoms with Gasteiger partial charge in [-0.2, -0.15) is 11.8 Å². The monoisotopic (exact) mass is 248 g/mol. The molecule has 3 atom stereocenters. The lowest BCUT2D eigenvalue weighted by molar-refractivity contribution is -0.126. The second kappa shape index (κ2) is 7.27. The number of aliphatic hydroxyl groups excluding tert-OH is 3. The van der Waals surface area contributed by atoms with E-state index >= 15 is 0 Å². The van der Waals surface area contributed by atoms with E-state index in [0.717, 1.165) is 12.8 Å². The molecule has 1 aliphatic rings. The van der Waals surface area contributed by atoms with Crippen LogP contribution in [0.3, 0.4) is 0 Å². The first-order valence-corrected chi connectivity index (χ1v) is 6.84. The van der Waals surface area contributed by atoms with Crippen LogP contribution in [0.15, 0.2) is 0 Å². The fourth-order valence-electron chi connectivity index (χ4n) is 2.02. The Balaban J connectivity index is 2.34. The van der Waals surface area contributed by atoms with Crippen LogP contribution in [-0.4, -0.2) is 51.9 Å². The molecule has 3 unspecified atom stereocenters. The zero-order chi connectivity index (χ0) is 12.0. The number of carbonyl (C=O) groups is 1. The molecule has 1 rings (SSSR count). The fourth-order valence-corrected chi connectivity index (χ4v) is 3.24. The minimum absolute atomic E-state index is 0.0690. The second-order valence-electron chi connectivity index (χ2n) is 4.28. The lowest BCUT2D eigenvalue weighted by Crippen LogP contribution is -2.33. The van der Waals surface area contributed by atoms with Crippen LogP contribution < -0.4 is 0 Å². The van der Waals surface area contributed by atoms with E-state index in [4.69, 9.17) is 5.11 Å². The van der Waals surface area contributed by atoms with Gasteiger partial charge in [-0.1, -0.05) is 0 Å². The molecular formula is C11H20O4S. The molecule has 3 N–H and O–H groups in total. The number of thioether (sulfide) groups is 1. The molecule has 0 spiro atoms. The van der Waals surface area contributed by atoms with Gasteiger partial charge in [0.05, 0.1) is 12.7 Å². The van der Waals surface area contributed by atoms with Gasteiger partial charge in [0.25, 0.3) is 0 Å². The Labute approximate surface area is 100 Å². The minimum atomic E-state index is -0.712. The topological polar surface area (TPSA) is 77.8 Å². The summed E-state index contributed by atoms with van der Waals surface area (Å²) in [5, 5.41) is 27.0. The number of rotatable bonds is 6. The summed E-state index contributed by atoms with van der Waals surface area (Å²) < 4.78 is 0. The maximum absolute atomic E-state index is 11.7. The highest BCUT2D eigenvalue weighted by Crippen LogP contribution is 2.29. The highest BCUT2D eigenvalue weighted by molar-refractivity contribution is 7.99. The van der Waals surface area contributed by atoms with Crippen LogP contribution in [0.25, 0.3) is 0 Å². The molecular weight excluding hydrogens is 228 g/mol. The molecule has 0 aromatic heterocycles. The third-order valence-electron chi connectivity index (χ3n) is 3.03. The Bertz CT molecular complexity index is 222. The molecule has 0 aliphatic heterocycles. The highest BCUT2D eigenvalue weighted by atomic mass is 32.2. The first kappa shape index (κ1) is 14.0. The van der Waals surface area contributed by atoms with Gasteiger partial charge in [-0.05, 0) is 18.8 Å². The number of carbonyl (C=O) groups excluding carboxylic acids is 1. The lowest BCUT2D eigenvalue weighted by Gasteiger charge is -2.28. The van der Waals surface area contributed by atoms with Gasteiger partial charge in [-0.3, -0.25) is 4.79 Å². The van der Waals surface area contributed by atoms with Crippen LogP contribution in [-0.2, 0) is 4.79 Å². The molecule has 5 heteroatoms. The van der Waals surface area contributed by atoms with Crippen molar-refractivity contribution in [2.24, 2.45) is 11.8 Å². The summed E-state index contributed by atoms with van der Waals surface area (Å²) in [4.78, 5) is 11.7. The summed E-state index contributed by atoms with van der Waals surface area (Å²) in [5.74, 6) is 1.32. The van der Waals surface area contributed by atoms with Crippen molar-refractivity contribution < 1.29 is 20.1 Å². The molecule has 1 aliphatic carbocycles. The minimum Gasteiger partial charge on any atom is -0.396 e. The number of hydrogen-bond acceptors (Lipinski definition) is 5. The average molecular weight is 248 g/mol. The summed E-state index contributed by atoms with van der Waals surface area (Å²) in [7, 11) is 0. The smallest absolute Gasteiger partial charge is 0.137 e. The highest BCUT2D eigenvalue weighted by Gasteiger charge is 2.31. The van der Waals surface area contributed by atoms with Gasteiger partial charge >= 0.3 is 0 Å². The van der Waals surface area contributed by atoms with E-state index in [1.807, 2.05) is 0 Å². The molecule has 94 valence electrons. The third kappa shape index (κ3) is 4.05. The van der Waals surface area contributed by atoms with Crippen molar-refractivity contribution in [2.75, 3.05) is 24.7 Å². The molecule has 0 saturated heterocycles. The molecule has 0 bridgehead atoms. The Morgan fingerprint density at radius 1 is 1.44 bits per heavy atom. The molecule has 0 aromatic carbocycles. The van der Waals surface area contributed by atoms with Gasteiger partial charge in [-0.25, -0.2) is 0 Å². The quantitative estimate of drug-likeness (QED) is 0.619. The Morgan fingerprint density at radius 2 is 2.19 bits per heavy atom. The van der Waals surface area contributed by atoms with Gasteiger partial charge < -0.3 is 15.3 Å². The van der Waals surface area contributed by atoms with E-state index in [1.54, 1.807) is 0 Å². The van der Waals surface area contributed by atoms with E-state index in [0.29, 0.717) is 17.9 Å². The van der Waals surface area contributed by atoms with E-state index in [-0.39, 0.29) is 30.8 Å². The third-order valence-corrected chi connectivity index (χ3v) is 4.25. The maximum Gasteiger partial charge on any atom is 0.137 e. The van der Waals surface area contributed by atoms with Crippen LogP contribution in [0.5, 0.6) is 0 Å². The summed E-state index contributed by atoms with van der Waals surface area (Å²) in [6, 6.07) is 0. The first-order chi connectivity index (χ1) is 7.69. The summed E-state index contributed by atoms with van der Waals surface area (Å²) >= 11 is 1.47. The summed E-state index contributed by atoms with van der Waals surface area (Å²) in [5.41, 5.74) is 0. The fraction of sp³-hybridized carbons (Fsp3) is 0.909. The molecule has 0 amide bonds. The first-order valence-electron chi connectivity index (χ1n) is 5.69. The van der Waals surface area contributed by atoms with Gasteiger partial charge in [-0.15, -0.1) is 0 Å². The van der Waals surface area contributed by atoms with Crippen molar-refractivity contribution in [3.63, 3.8) is 0 Å². The lowest BCUT2D eigenvalue weighted by atomic mass is 9.80. The largest absolute Gasteiger partial charge is 0.396 e. The van der Waals surface area contributed by atoms with Crippen LogP contribution in [0, 0.1) is 11.8 Å². The zero-order valence-electron chi connectivity index (χ0n) is 9.34. The van der Waals surface area contributed by atoms with E-state index < -0.39 is 6.10 Å². The Kier molecular flexibility index (Phi) is 6.34. The van der Waals surface area contributed by atoms with E-state index in [9.17, 15) is 15.0 Å². The van der Waals surface area contributed by atoms with Gasteiger partial charge in [0.2, 0.25) is 0 Å². The predicted molar refractivity (Wildman–Crippen MR) is 63.3 cm³/mol. The van der Waals surface area contributed by atoms with Crippen LogP contribution >= 0.6 is 11.8 Å². The van der Waals surface area contributed by atoms with Crippen molar-refractivity contribution in [1.29, 1.82) is 0 Å².